The van der Waals surface area contributed by atoms with Crippen LogP contribution in [0, 0.1) is 6.92 Å². The molecule has 1 fully saturated rings. The Kier molecular flexibility index (Phi) is 6.00. The van der Waals surface area contributed by atoms with Crippen LogP contribution in [0.4, 0.5) is 0 Å². The van der Waals surface area contributed by atoms with Gasteiger partial charge >= 0.3 is 0 Å². The third kappa shape index (κ3) is 4.91. The van der Waals surface area contributed by atoms with Gasteiger partial charge in [0.05, 0.1) is 0 Å². The Morgan fingerprint density at radius 1 is 1.08 bits per heavy atom. The molecule has 1 aromatic carbocycles. The van der Waals surface area contributed by atoms with Gasteiger partial charge in [0.15, 0.2) is 0 Å². The summed E-state index contributed by atoms with van der Waals surface area (Å²) in [6.07, 6.45) is 7.09. The van der Waals surface area contributed by atoms with Crippen LogP contribution in [0.15, 0.2) is 42.6 Å². The molecule has 3 rings (SSSR count). The van der Waals surface area contributed by atoms with Crippen LogP contribution in [-0.4, -0.2) is 22.8 Å². The molecule has 0 spiro atoms. The van der Waals surface area contributed by atoms with E-state index < -0.39 is 0 Å². The molecule has 1 heterocycles. The molecule has 1 aliphatic carbocycles. The number of amides is 2. The minimum Gasteiger partial charge on any atom is -0.348 e. The molecule has 2 N–H and O–H groups in total. The molecule has 1 saturated carbocycles. The molecule has 1 aromatic heterocycles. The maximum Gasteiger partial charge on any atom is 0.270 e. The van der Waals surface area contributed by atoms with E-state index in [1.807, 2.05) is 31.2 Å². The van der Waals surface area contributed by atoms with Gasteiger partial charge in [0.2, 0.25) is 0 Å². The number of rotatable bonds is 5. The summed E-state index contributed by atoms with van der Waals surface area (Å²) in [5.74, 6) is -0.411. The maximum absolute atomic E-state index is 12.4. The minimum absolute atomic E-state index is 0.203. The van der Waals surface area contributed by atoms with Crippen molar-refractivity contribution in [3.8, 4) is 0 Å². The Labute approximate surface area is 154 Å². The van der Waals surface area contributed by atoms with Crippen molar-refractivity contribution in [3.05, 3.63) is 65.0 Å². The van der Waals surface area contributed by atoms with E-state index in [4.69, 9.17) is 0 Å². The van der Waals surface area contributed by atoms with E-state index in [-0.39, 0.29) is 17.9 Å². The number of hydrogen-bond donors (Lipinski definition) is 2. The highest BCUT2D eigenvalue weighted by atomic mass is 16.2. The Hall–Kier alpha value is -2.69. The lowest BCUT2D eigenvalue weighted by Crippen LogP contribution is -2.36. The van der Waals surface area contributed by atoms with Crippen LogP contribution in [0.1, 0.15) is 64.1 Å². The molecule has 26 heavy (non-hydrogen) atoms. The van der Waals surface area contributed by atoms with Crippen molar-refractivity contribution in [2.75, 3.05) is 0 Å². The van der Waals surface area contributed by atoms with Crippen LogP contribution in [0.2, 0.25) is 0 Å². The molecule has 2 amide bonds. The number of nitrogens with one attached hydrogen (secondary N) is 2. The average Bonchev–Trinajstić information content (AvgIpc) is 2.67. The topological polar surface area (TPSA) is 71.1 Å². The molecule has 0 atom stereocenters. The number of aryl methyl sites for hydroxylation is 1. The van der Waals surface area contributed by atoms with Crippen LogP contribution in [0.3, 0.4) is 0 Å². The summed E-state index contributed by atoms with van der Waals surface area (Å²) in [6.45, 7) is 2.47. The maximum atomic E-state index is 12.4. The second kappa shape index (κ2) is 8.61. The van der Waals surface area contributed by atoms with Crippen LogP contribution in [-0.2, 0) is 6.54 Å². The fraction of sp³-hybridized carbons (Fsp3) is 0.381. The Morgan fingerprint density at radius 2 is 1.88 bits per heavy atom. The molecule has 0 unspecified atom stereocenters. The Bertz CT molecular complexity index is 782. The van der Waals surface area contributed by atoms with Gasteiger partial charge in [0.25, 0.3) is 11.8 Å². The summed E-state index contributed by atoms with van der Waals surface area (Å²) in [5, 5.41) is 5.92. The van der Waals surface area contributed by atoms with Crippen LogP contribution in [0.5, 0.6) is 0 Å². The highest BCUT2D eigenvalue weighted by Gasteiger charge is 2.18. The van der Waals surface area contributed by atoms with Gasteiger partial charge in [-0.3, -0.25) is 14.6 Å². The summed E-state index contributed by atoms with van der Waals surface area (Å²) in [4.78, 5) is 28.9. The van der Waals surface area contributed by atoms with Gasteiger partial charge in [-0.15, -0.1) is 0 Å². The van der Waals surface area contributed by atoms with Crippen LogP contribution in [0.25, 0.3) is 0 Å². The van der Waals surface area contributed by atoms with Gasteiger partial charge in [-0.1, -0.05) is 49.1 Å². The number of nitrogens with zero attached hydrogens (tertiary/aromatic N) is 1. The van der Waals surface area contributed by atoms with Crippen molar-refractivity contribution in [2.24, 2.45) is 0 Å². The summed E-state index contributed by atoms with van der Waals surface area (Å²) < 4.78 is 0. The quantitative estimate of drug-likeness (QED) is 0.867. The molecule has 5 heteroatoms. The molecular weight excluding hydrogens is 326 g/mol. The van der Waals surface area contributed by atoms with Gasteiger partial charge in [-0.05, 0) is 37.5 Å². The van der Waals surface area contributed by atoms with Gasteiger partial charge in [0, 0.05) is 24.3 Å². The third-order valence-corrected chi connectivity index (χ3v) is 4.73. The monoisotopic (exact) mass is 351 g/mol. The van der Waals surface area contributed by atoms with Crippen molar-refractivity contribution in [2.45, 2.75) is 51.6 Å². The average molecular weight is 351 g/mol. The molecule has 1 aliphatic rings. The van der Waals surface area contributed by atoms with Crippen molar-refractivity contribution >= 4 is 11.8 Å². The molecule has 0 radical (unpaired) electrons. The molecule has 0 saturated heterocycles. The normalized spacial score (nSPS) is 14.7. The van der Waals surface area contributed by atoms with Gasteiger partial charge < -0.3 is 10.6 Å². The van der Waals surface area contributed by atoms with E-state index in [0.29, 0.717) is 17.8 Å². The fourth-order valence-electron chi connectivity index (χ4n) is 3.31. The van der Waals surface area contributed by atoms with E-state index in [0.717, 1.165) is 36.8 Å². The second-order valence-electron chi connectivity index (χ2n) is 6.91. The van der Waals surface area contributed by atoms with E-state index >= 15 is 0 Å². The zero-order valence-corrected chi connectivity index (χ0v) is 15.1. The standard InChI is InChI=1S/C21H25N3O2/c1-15-6-5-7-16(12-15)14-23-20(25)17-10-11-22-19(13-17)21(26)24-18-8-3-2-4-9-18/h5-7,10-13,18H,2-4,8-9,14H2,1H3,(H,23,25)(H,24,26). The lowest BCUT2D eigenvalue weighted by Gasteiger charge is -2.22. The molecule has 2 aromatic rings. The molecule has 5 nitrogen and oxygen atoms in total. The van der Waals surface area contributed by atoms with Gasteiger partial charge in [0.1, 0.15) is 5.69 Å². The summed E-state index contributed by atoms with van der Waals surface area (Å²) in [7, 11) is 0. The smallest absolute Gasteiger partial charge is 0.270 e. The minimum atomic E-state index is -0.208. The number of carbonyl (C=O) groups excluding carboxylic acids is 2. The predicted octanol–water partition coefficient (Wildman–Crippen LogP) is 3.38. The fourth-order valence-corrected chi connectivity index (χ4v) is 3.31. The number of aromatic nitrogens is 1. The first-order valence-electron chi connectivity index (χ1n) is 9.22. The summed E-state index contributed by atoms with van der Waals surface area (Å²) in [5.41, 5.74) is 2.94. The molecule has 0 bridgehead atoms. The number of pyridine rings is 1. The summed E-state index contributed by atoms with van der Waals surface area (Å²) in [6, 6.07) is 11.4. The molecule has 136 valence electrons. The molecular formula is C21H25N3O2. The van der Waals surface area contributed by atoms with Gasteiger partial charge in [-0.25, -0.2) is 0 Å². The van der Waals surface area contributed by atoms with E-state index in [1.165, 1.54) is 12.6 Å². The largest absolute Gasteiger partial charge is 0.348 e. The van der Waals surface area contributed by atoms with Crippen molar-refractivity contribution < 1.29 is 9.59 Å². The number of carbonyl (C=O) groups is 2. The van der Waals surface area contributed by atoms with Crippen LogP contribution >= 0.6 is 0 Å². The van der Waals surface area contributed by atoms with E-state index in [1.54, 1.807) is 12.1 Å². The predicted molar refractivity (Wildman–Crippen MR) is 101 cm³/mol. The first-order valence-corrected chi connectivity index (χ1v) is 9.22. The highest BCUT2D eigenvalue weighted by molar-refractivity contribution is 5.98. The SMILES string of the molecule is Cc1cccc(CNC(=O)c2ccnc(C(=O)NC3CCCCC3)c2)c1. The third-order valence-electron chi connectivity index (χ3n) is 4.73. The first-order chi connectivity index (χ1) is 12.6. The first kappa shape index (κ1) is 18.1. The van der Waals surface area contributed by atoms with E-state index in [2.05, 4.69) is 15.6 Å². The van der Waals surface area contributed by atoms with Crippen molar-refractivity contribution in [3.63, 3.8) is 0 Å². The Balaban J connectivity index is 1.60. The lowest BCUT2D eigenvalue weighted by atomic mass is 9.95. The zero-order chi connectivity index (χ0) is 18.4. The number of hydrogen-bond acceptors (Lipinski definition) is 3. The van der Waals surface area contributed by atoms with E-state index in [9.17, 15) is 9.59 Å². The van der Waals surface area contributed by atoms with Gasteiger partial charge in [-0.2, -0.15) is 0 Å². The Morgan fingerprint density at radius 3 is 2.65 bits per heavy atom. The van der Waals surface area contributed by atoms with Crippen molar-refractivity contribution in [1.29, 1.82) is 0 Å². The van der Waals surface area contributed by atoms with Crippen molar-refractivity contribution in [1.82, 2.24) is 15.6 Å². The highest BCUT2D eigenvalue weighted by Crippen LogP contribution is 2.17. The second-order valence-corrected chi connectivity index (χ2v) is 6.91. The molecule has 0 aliphatic heterocycles. The summed E-state index contributed by atoms with van der Waals surface area (Å²) >= 11 is 0. The van der Waals surface area contributed by atoms with Crippen LogP contribution < -0.4 is 10.6 Å². The lowest BCUT2D eigenvalue weighted by molar-refractivity contribution is 0.0922. The number of benzene rings is 1. The zero-order valence-electron chi connectivity index (χ0n) is 15.1.